The molecule has 0 fully saturated rings. The third-order valence-electron chi connectivity index (χ3n) is 2.07. The van der Waals surface area contributed by atoms with Crippen molar-refractivity contribution < 1.29 is 0 Å². The molecule has 84 valence electrons. The number of aryl methyl sites for hydroxylation is 1. The number of rotatable bonds is 4. The van der Waals surface area contributed by atoms with Gasteiger partial charge in [0.1, 0.15) is 5.69 Å². The maximum Gasteiger partial charge on any atom is 0.330 e. The van der Waals surface area contributed by atoms with E-state index in [0.717, 1.165) is 11.0 Å². The first kappa shape index (κ1) is 11.8. The Kier molecular flexibility index (Phi) is 3.96. The molecule has 1 rings (SSSR count). The van der Waals surface area contributed by atoms with E-state index in [4.69, 9.17) is 11.6 Å². The molecule has 1 aromatic heterocycles. The van der Waals surface area contributed by atoms with E-state index in [0.29, 0.717) is 18.1 Å². The van der Waals surface area contributed by atoms with Gasteiger partial charge in [-0.15, -0.1) is 11.6 Å². The number of alkyl halides is 1. The number of nitrogens with zero attached hydrogens (tertiary/aromatic N) is 2. The largest absolute Gasteiger partial charge is 0.379 e. The van der Waals surface area contributed by atoms with Crippen molar-refractivity contribution >= 4 is 17.3 Å². The van der Waals surface area contributed by atoms with Crippen molar-refractivity contribution in [3.63, 3.8) is 0 Å². The Morgan fingerprint density at radius 1 is 1.40 bits per heavy atom. The van der Waals surface area contributed by atoms with E-state index in [1.54, 1.807) is 7.05 Å². The Morgan fingerprint density at radius 2 is 2.07 bits per heavy atom. The van der Waals surface area contributed by atoms with Crippen molar-refractivity contribution in [1.82, 2.24) is 9.13 Å². The van der Waals surface area contributed by atoms with Crippen molar-refractivity contribution in [1.29, 1.82) is 0 Å². The fourth-order valence-corrected chi connectivity index (χ4v) is 1.35. The highest BCUT2D eigenvalue weighted by atomic mass is 35.5. The van der Waals surface area contributed by atoms with Gasteiger partial charge in [0.15, 0.2) is 0 Å². The lowest BCUT2D eigenvalue weighted by Gasteiger charge is -2.08. The quantitative estimate of drug-likeness (QED) is 0.592. The molecule has 0 aromatic carbocycles. The maximum atomic E-state index is 11.6. The zero-order chi connectivity index (χ0) is 11.4. The first-order valence-corrected chi connectivity index (χ1v) is 5.18. The van der Waals surface area contributed by atoms with Gasteiger partial charge in [0, 0.05) is 32.7 Å². The van der Waals surface area contributed by atoms with E-state index in [1.165, 1.54) is 17.8 Å². The van der Waals surface area contributed by atoms with E-state index in [1.807, 2.05) is 0 Å². The lowest BCUT2D eigenvalue weighted by atomic mass is 10.4. The standard InChI is InChI=1S/C9H14ClN3O2/c1-12-6-7(11-5-3-4-10)8(14)13(2)9(12)15/h6,11H,3-5H2,1-2H3. The molecule has 0 unspecified atom stereocenters. The second-order valence-corrected chi connectivity index (χ2v) is 3.65. The predicted molar refractivity (Wildman–Crippen MR) is 60.8 cm³/mol. The molecular weight excluding hydrogens is 218 g/mol. The Bertz CT molecular complexity index is 450. The molecule has 0 aliphatic heterocycles. The molecule has 0 aliphatic rings. The van der Waals surface area contributed by atoms with Gasteiger partial charge in [-0.2, -0.15) is 0 Å². The monoisotopic (exact) mass is 231 g/mol. The second kappa shape index (κ2) is 5.02. The first-order chi connectivity index (χ1) is 7.07. The van der Waals surface area contributed by atoms with Crippen molar-refractivity contribution in [3.05, 3.63) is 27.0 Å². The summed E-state index contributed by atoms with van der Waals surface area (Å²) in [4.78, 5) is 22.9. The molecular formula is C9H14ClN3O2. The summed E-state index contributed by atoms with van der Waals surface area (Å²) in [5.74, 6) is 0.541. The number of hydrogen-bond acceptors (Lipinski definition) is 3. The summed E-state index contributed by atoms with van der Waals surface area (Å²) >= 11 is 5.52. The highest BCUT2D eigenvalue weighted by Crippen LogP contribution is 1.95. The van der Waals surface area contributed by atoms with Crippen LogP contribution < -0.4 is 16.6 Å². The Labute approximate surface area is 92.3 Å². The minimum absolute atomic E-state index is 0.312. The molecule has 0 radical (unpaired) electrons. The summed E-state index contributed by atoms with van der Waals surface area (Å²) in [7, 11) is 3.06. The van der Waals surface area contributed by atoms with Crippen molar-refractivity contribution in [2.24, 2.45) is 14.1 Å². The molecule has 15 heavy (non-hydrogen) atoms. The Hall–Kier alpha value is -1.23. The van der Waals surface area contributed by atoms with Gasteiger partial charge >= 0.3 is 5.69 Å². The maximum absolute atomic E-state index is 11.6. The zero-order valence-electron chi connectivity index (χ0n) is 8.79. The van der Waals surface area contributed by atoms with Gasteiger partial charge in [0.2, 0.25) is 0 Å². The summed E-state index contributed by atoms with van der Waals surface area (Å²) in [6.45, 7) is 0.622. The molecule has 5 nitrogen and oxygen atoms in total. The fourth-order valence-electron chi connectivity index (χ4n) is 1.22. The Morgan fingerprint density at radius 3 is 2.67 bits per heavy atom. The molecule has 1 N–H and O–H groups in total. The van der Waals surface area contributed by atoms with E-state index >= 15 is 0 Å². The normalized spacial score (nSPS) is 10.3. The van der Waals surface area contributed by atoms with Crippen molar-refractivity contribution in [2.75, 3.05) is 17.7 Å². The number of halogens is 1. The average Bonchev–Trinajstić information content (AvgIpc) is 2.23. The van der Waals surface area contributed by atoms with Gasteiger partial charge in [-0.25, -0.2) is 4.79 Å². The minimum atomic E-state index is -0.331. The fraction of sp³-hybridized carbons (Fsp3) is 0.556. The predicted octanol–water partition coefficient (Wildman–Crippen LogP) is 0.125. The van der Waals surface area contributed by atoms with Gasteiger partial charge in [-0.3, -0.25) is 9.36 Å². The van der Waals surface area contributed by atoms with Gasteiger partial charge in [0.25, 0.3) is 5.56 Å². The van der Waals surface area contributed by atoms with Gasteiger partial charge in [-0.1, -0.05) is 0 Å². The van der Waals surface area contributed by atoms with Gasteiger partial charge < -0.3 is 9.88 Å². The van der Waals surface area contributed by atoms with Crippen LogP contribution in [0.25, 0.3) is 0 Å². The summed E-state index contributed by atoms with van der Waals surface area (Å²) in [5.41, 5.74) is -0.222. The van der Waals surface area contributed by atoms with Gasteiger partial charge in [0.05, 0.1) is 0 Å². The molecule has 0 aliphatic carbocycles. The molecule has 0 saturated heterocycles. The van der Waals surface area contributed by atoms with Crippen LogP contribution >= 0.6 is 11.6 Å². The third-order valence-corrected chi connectivity index (χ3v) is 2.34. The Balaban J connectivity index is 3.00. The van der Waals surface area contributed by atoms with Crippen LogP contribution in [-0.2, 0) is 14.1 Å². The summed E-state index contributed by atoms with van der Waals surface area (Å²) in [6.07, 6.45) is 2.27. The van der Waals surface area contributed by atoms with E-state index < -0.39 is 0 Å². The summed E-state index contributed by atoms with van der Waals surface area (Å²) < 4.78 is 2.44. The molecule has 0 amide bonds. The van der Waals surface area contributed by atoms with Crippen molar-refractivity contribution in [2.45, 2.75) is 6.42 Å². The molecule has 0 saturated carbocycles. The third kappa shape index (κ3) is 2.62. The highest BCUT2D eigenvalue weighted by Gasteiger charge is 2.05. The molecule has 6 heteroatoms. The number of aromatic nitrogens is 2. The van der Waals surface area contributed by atoms with Crippen LogP contribution in [0.15, 0.2) is 15.8 Å². The molecule has 1 heterocycles. The summed E-state index contributed by atoms with van der Waals surface area (Å²) in [5, 5.41) is 2.95. The van der Waals surface area contributed by atoms with E-state index in [2.05, 4.69) is 5.32 Å². The topological polar surface area (TPSA) is 56.0 Å². The number of hydrogen-bond donors (Lipinski definition) is 1. The van der Waals surface area contributed by atoms with Crippen LogP contribution in [0, 0.1) is 0 Å². The van der Waals surface area contributed by atoms with Crippen LogP contribution in [0.2, 0.25) is 0 Å². The lowest BCUT2D eigenvalue weighted by molar-refractivity contribution is 0.687. The molecule has 0 spiro atoms. The average molecular weight is 232 g/mol. The molecule has 0 bridgehead atoms. The van der Waals surface area contributed by atoms with E-state index in [9.17, 15) is 9.59 Å². The van der Waals surface area contributed by atoms with Gasteiger partial charge in [-0.05, 0) is 6.42 Å². The summed E-state index contributed by atoms with van der Waals surface area (Å²) in [6, 6.07) is 0. The van der Waals surface area contributed by atoms with Crippen LogP contribution in [0.1, 0.15) is 6.42 Å². The number of anilines is 1. The van der Waals surface area contributed by atoms with Crippen LogP contribution in [0.5, 0.6) is 0 Å². The molecule has 0 atom stereocenters. The second-order valence-electron chi connectivity index (χ2n) is 3.27. The SMILES string of the molecule is Cn1cc(NCCCCl)c(=O)n(C)c1=O. The van der Waals surface area contributed by atoms with Crippen LogP contribution in [-0.4, -0.2) is 21.6 Å². The highest BCUT2D eigenvalue weighted by molar-refractivity contribution is 6.17. The number of nitrogens with one attached hydrogen (secondary N) is 1. The molecule has 1 aromatic rings. The van der Waals surface area contributed by atoms with Crippen LogP contribution in [0.4, 0.5) is 5.69 Å². The van der Waals surface area contributed by atoms with Crippen LogP contribution in [0.3, 0.4) is 0 Å². The minimum Gasteiger partial charge on any atom is -0.379 e. The smallest absolute Gasteiger partial charge is 0.330 e. The zero-order valence-corrected chi connectivity index (χ0v) is 9.54. The van der Waals surface area contributed by atoms with Crippen molar-refractivity contribution in [3.8, 4) is 0 Å². The first-order valence-electron chi connectivity index (χ1n) is 4.64. The lowest BCUT2D eigenvalue weighted by Crippen LogP contribution is -2.37. The van der Waals surface area contributed by atoms with E-state index in [-0.39, 0.29) is 11.2 Å².